The quantitative estimate of drug-likeness (QED) is 0.407. The number of nitrogens with zero attached hydrogens (tertiary/aromatic N) is 2. The molecule has 0 spiro atoms. The topological polar surface area (TPSA) is 58.5 Å². The number of thiazole rings is 1. The lowest BCUT2D eigenvalue weighted by Gasteiger charge is -2.24. The number of aryl methyl sites for hydroxylation is 1. The van der Waals surface area contributed by atoms with Crippen LogP contribution >= 0.6 is 35.3 Å². The summed E-state index contributed by atoms with van der Waals surface area (Å²) in [5, 5.41) is 10.0. The number of hydrogen-bond acceptors (Lipinski definition) is 4. The highest BCUT2D eigenvalue weighted by molar-refractivity contribution is 14.0. The van der Waals surface area contributed by atoms with E-state index in [2.05, 4.69) is 39.8 Å². The Morgan fingerprint density at radius 3 is 2.91 bits per heavy atom. The van der Waals surface area contributed by atoms with Gasteiger partial charge in [-0.2, -0.15) is 0 Å². The van der Waals surface area contributed by atoms with Crippen LogP contribution in [0.1, 0.15) is 37.4 Å². The van der Waals surface area contributed by atoms with Crippen molar-refractivity contribution in [1.29, 1.82) is 0 Å². The fraction of sp³-hybridized carbons (Fsp3) is 0.733. The van der Waals surface area contributed by atoms with Gasteiger partial charge >= 0.3 is 0 Å². The molecule has 1 unspecified atom stereocenters. The molecule has 0 amide bonds. The van der Waals surface area contributed by atoms with Crippen molar-refractivity contribution in [3.05, 3.63) is 16.1 Å². The number of aliphatic imine (C=N–C) groups is 1. The Bertz CT molecular complexity index is 472. The van der Waals surface area contributed by atoms with Crippen LogP contribution in [0.4, 0.5) is 0 Å². The highest BCUT2D eigenvalue weighted by Gasteiger charge is 2.29. The molecule has 2 rings (SSSR count). The first kappa shape index (κ1) is 19.6. The number of rotatable bonds is 6. The van der Waals surface area contributed by atoms with Crippen LogP contribution in [0, 0.1) is 0 Å². The van der Waals surface area contributed by atoms with E-state index < -0.39 is 0 Å². The minimum Gasteiger partial charge on any atom is -0.373 e. The average molecular weight is 438 g/mol. The molecule has 2 heterocycles. The molecular weight excluding hydrogens is 411 g/mol. The average Bonchev–Trinajstić information content (AvgIpc) is 3.12. The summed E-state index contributed by atoms with van der Waals surface area (Å²) in [4.78, 5) is 8.82. The van der Waals surface area contributed by atoms with Gasteiger partial charge in [0.05, 0.1) is 16.3 Å². The molecule has 0 aliphatic carbocycles. The summed E-state index contributed by atoms with van der Waals surface area (Å²) in [6, 6.07) is 0. The van der Waals surface area contributed by atoms with Gasteiger partial charge in [0.25, 0.3) is 0 Å². The molecule has 0 bridgehead atoms. The lowest BCUT2D eigenvalue weighted by atomic mass is 10.0. The van der Waals surface area contributed by atoms with E-state index in [0.29, 0.717) is 0 Å². The van der Waals surface area contributed by atoms with Crippen LogP contribution < -0.4 is 10.6 Å². The van der Waals surface area contributed by atoms with Crippen molar-refractivity contribution in [1.82, 2.24) is 15.6 Å². The van der Waals surface area contributed by atoms with E-state index in [9.17, 15) is 0 Å². The van der Waals surface area contributed by atoms with Crippen molar-refractivity contribution < 1.29 is 4.74 Å². The second-order valence-corrected chi connectivity index (χ2v) is 6.53. The molecule has 0 saturated carbocycles. The highest BCUT2D eigenvalue weighted by Crippen LogP contribution is 2.23. The smallest absolute Gasteiger partial charge is 0.191 e. The van der Waals surface area contributed by atoms with Gasteiger partial charge in [-0.3, -0.25) is 4.99 Å². The van der Waals surface area contributed by atoms with Crippen LogP contribution in [0.15, 0.2) is 10.4 Å². The summed E-state index contributed by atoms with van der Waals surface area (Å²) in [6.07, 6.45) is 4.19. The number of aromatic nitrogens is 1. The van der Waals surface area contributed by atoms with Gasteiger partial charge < -0.3 is 15.4 Å². The highest BCUT2D eigenvalue weighted by atomic mass is 127. The monoisotopic (exact) mass is 438 g/mol. The molecule has 22 heavy (non-hydrogen) atoms. The first-order valence-electron chi connectivity index (χ1n) is 7.67. The van der Waals surface area contributed by atoms with Crippen LogP contribution in [0.2, 0.25) is 0 Å². The maximum atomic E-state index is 5.77. The van der Waals surface area contributed by atoms with E-state index >= 15 is 0 Å². The molecule has 0 aromatic carbocycles. The summed E-state index contributed by atoms with van der Waals surface area (Å²) in [6.45, 7) is 6.79. The largest absolute Gasteiger partial charge is 0.373 e. The molecular formula is C15H27IN4OS. The third-order valence-corrected chi connectivity index (χ3v) is 4.77. The van der Waals surface area contributed by atoms with Crippen molar-refractivity contribution in [2.75, 3.05) is 26.7 Å². The zero-order valence-electron chi connectivity index (χ0n) is 13.6. The Kier molecular flexibility index (Phi) is 8.63. The lowest BCUT2D eigenvalue weighted by Crippen LogP contribution is -2.45. The summed E-state index contributed by atoms with van der Waals surface area (Å²) in [5.74, 6) is 0.831. The van der Waals surface area contributed by atoms with E-state index in [-0.39, 0.29) is 29.6 Å². The Morgan fingerprint density at radius 1 is 1.50 bits per heavy atom. The zero-order valence-corrected chi connectivity index (χ0v) is 16.8. The fourth-order valence-corrected chi connectivity index (χ4v) is 3.18. The first-order chi connectivity index (χ1) is 10.1. The molecule has 126 valence electrons. The van der Waals surface area contributed by atoms with E-state index in [4.69, 9.17) is 4.74 Å². The minimum absolute atomic E-state index is 0. The van der Waals surface area contributed by atoms with Gasteiger partial charge in [0.15, 0.2) is 5.96 Å². The summed E-state index contributed by atoms with van der Waals surface area (Å²) in [5.41, 5.74) is 1.11. The predicted octanol–water partition coefficient (Wildman–Crippen LogP) is 2.60. The number of hydrogen-bond donors (Lipinski definition) is 2. The standard InChI is InChI=1S/C15H26N4OS.HI/c1-4-13-19-12(10-21-13)6-8-17-14(16-3)18-11-15(2)7-5-9-20-15;/h10H,4-9,11H2,1-3H3,(H2,16,17,18);1H. The number of nitrogens with one attached hydrogen (secondary N) is 2. The Morgan fingerprint density at radius 2 is 2.32 bits per heavy atom. The van der Waals surface area contributed by atoms with Crippen LogP contribution in [0.5, 0.6) is 0 Å². The summed E-state index contributed by atoms with van der Waals surface area (Å²) in [7, 11) is 1.80. The summed E-state index contributed by atoms with van der Waals surface area (Å²) < 4.78 is 5.77. The molecule has 7 heteroatoms. The van der Waals surface area contributed by atoms with Crippen LogP contribution in [-0.2, 0) is 17.6 Å². The van der Waals surface area contributed by atoms with Crippen LogP contribution in [0.25, 0.3) is 0 Å². The molecule has 1 atom stereocenters. The normalized spacial score (nSPS) is 21.5. The maximum Gasteiger partial charge on any atom is 0.191 e. The fourth-order valence-electron chi connectivity index (χ4n) is 2.40. The molecule has 1 aromatic rings. The summed E-state index contributed by atoms with van der Waals surface area (Å²) >= 11 is 1.74. The van der Waals surface area contributed by atoms with Gasteiger partial charge in [0.2, 0.25) is 0 Å². The van der Waals surface area contributed by atoms with E-state index in [1.54, 1.807) is 18.4 Å². The number of halogens is 1. The first-order valence-corrected chi connectivity index (χ1v) is 8.55. The molecule has 1 aliphatic rings. The van der Waals surface area contributed by atoms with Gasteiger partial charge in [0.1, 0.15) is 0 Å². The van der Waals surface area contributed by atoms with Gasteiger partial charge in [-0.05, 0) is 26.2 Å². The van der Waals surface area contributed by atoms with E-state index in [0.717, 1.165) is 57.0 Å². The van der Waals surface area contributed by atoms with E-state index in [1.807, 2.05) is 0 Å². The van der Waals surface area contributed by atoms with Crippen molar-refractivity contribution >= 4 is 41.3 Å². The predicted molar refractivity (Wildman–Crippen MR) is 104 cm³/mol. The Labute approximate surface area is 154 Å². The second kappa shape index (κ2) is 9.67. The van der Waals surface area contributed by atoms with Crippen LogP contribution in [-0.4, -0.2) is 43.3 Å². The molecule has 0 radical (unpaired) electrons. The maximum absolute atomic E-state index is 5.77. The van der Waals surface area contributed by atoms with Gasteiger partial charge in [-0.25, -0.2) is 4.98 Å². The second-order valence-electron chi connectivity index (χ2n) is 5.59. The van der Waals surface area contributed by atoms with Gasteiger partial charge in [-0.15, -0.1) is 35.3 Å². The lowest BCUT2D eigenvalue weighted by molar-refractivity contribution is 0.0243. The molecule has 1 aliphatic heterocycles. The Hall–Kier alpha value is -0.410. The number of ether oxygens (including phenoxy) is 1. The van der Waals surface area contributed by atoms with Gasteiger partial charge in [0, 0.05) is 38.5 Å². The molecule has 5 nitrogen and oxygen atoms in total. The zero-order chi connectivity index (χ0) is 15.1. The molecule has 1 saturated heterocycles. The van der Waals surface area contributed by atoms with Crippen molar-refractivity contribution in [3.63, 3.8) is 0 Å². The minimum atomic E-state index is -0.0530. The van der Waals surface area contributed by atoms with Crippen molar-refractivity contribution in [2.45, 2.75) is 45.1 Å². The third kappa shape index (κ3) is 6.00. The molecule has 2 N–H and O–H groups in total. The molecule has 1 aromatic heterocycles. The van der Waals surface area contributed by atoms with Crippen molar-refractivity contribution in [2.24, 2.45) is 4.99 Å². The number of guanidine groups is 1. The van der Waals surface area contributed by atoms with Crippen LogP contribution in [0.3, 0.4) is 0 Å². The SMILES string of the molecule is CCc1nc(CCNC(=NC)NCC2(C)CCCO2)cs1.I. The molecule has 1 fully saturated rings. The van der Waals surface area contributed by atoms with Gasteiger partial charge in [-0.1, -0.05) is 6.92 Å². The van der Waals surface area contributed by atoms with E-state index in [1.165, 1.54) is 5.01 Å². The van der Waals surface area contributed by atoms with Crippen molar-refractivity contribution in [3.8, 4) is 0 Å². The third-order valence-electron chi connectivity index (χ3n) is 3.73. The Balaban J connectivity index is 0.00000242.